The molecule has 0 radical (unpaired) electrons. The van der Waals surface area contributed by atoms with E-state index in [0.717, 1.165) is 5.56 Å². The largest absolute Gasteiger partial charge is 0.323 e. The SMILES string of the molecule is C=CC(=O)Nc1cccc(CC(=O)N(C)c2nncs2)c1. The quantitative estimate of drug-likeness (QED) is 0.856. The second kappa shape index (κ2) is 6.76. The van der Waals surface area contributed by atoms with Gasteiger partial charge in [0.1, 0.15) is 5.51 Å². The average molecular weight is 302 g/mol. The monoisotopic (exact) mass is 302 g/mol. The minimum atomic E-state index is -0.288. The zero-order valence-corrected chi connectivity index (χ0v) is 12.3. The predicted octanol–water partition coefficient (Wildman–Crippen LogP) is 1.87. The number of benzene rings is 1. The lowest BCUT2D eigenvalue weighted by molar-refractivity contribution is -0.117. The van der Waals surface area contributed by atoms with E-state index in [0.29, 0.717) is 10.8 Å². The van der Waals surface area contributed by atoms with Crippen LogP contribution in [0.25, 0.3) is 0 Å². The molecule has 1 aromatic heterocycles. The number of hydrogen-bond acceptors (Lipinski definition) is 5. The maximum Gasteiger partial charge on any atom is 0.247 e. The predicted molar refractivity (Wildman–Crippen MR) is 82.3 cm³/mol. The number of amides is 2. The van der Waals surface area contributed by atoms with Crippen molar-refractivity contribution >= 4 is 34.0 Å². The highest BCUT2D eigenvalue weighted by atomic mass is 32.1. The average Bonchev–Trinajstić information content (AvgIpc) is 3.00. The topological polar surface area (TPSA) is 75.2 Å². The van der Waals surface area contributed by atoms with Crippen molar-refractivity contribution in [3.05, 3.63) is 48.0 Å². The maximum absolute atomic E-state index is 12.2. The van der Waals surface area contributed by atoms with Crippen molar-refractivity contribution in [2.24, 2.45) is 0 Å². The fraction of sp³-hybridized carbons (Fsp3) is 0.143. The van der Waals surface area contributed by atoms with Crippen LogP contribution in [0.1, 0.15) is 5.56 Å². The molecule has 0 aliphatic heterocycles. The fourth-order valence-electron chi connectivity index (χ4n) is 1.67. The van der Waals surface area contributed by atoms with Crippen LogP contribution < -0.4 is 10.2 Å². The van der Waals surface area contributed by atoms with Crippen LogP contribution in [0.2, 0.25) is 0 Å². The van der Waals surface area contributed by atoms with Crippen molar-refractivity contribution in [3.63, 3.8) is 0 Å². The third-order valence-electron chi connectivity index (χ3n) is 2.74. The number of nitrogens with zero attached hydrogens (tertiary/aromatic N) is 3. The Labute approximate surface area is 126 Å². The zero-order valence-electron chi connectivity index (χ0n) is 11.4. The first-order valence-electron chi connectivity index (χ1n) is 6.15. The van der Waals surface area contributed by atoms with E-state index in [-0.39, 0.29) is 18.2 Å². The first-order valence-corrected chi connectivity index (χ1v) is 7.03. The number of rotatable bonds is 5. The van der Waals surface area contributed by atoms with Crippen molar-refractivity contribution in [1.29, 1.82) is 0 Å². The second-order valence-corrected chi connectivity index (χ2v) is 5.06. The van der Waals surface area contributed by atoms with Crippen LogP contribution in [0, 0.1) is 0 Å². The van der Waals surface area contributed by atoms with Crippen molar-refractivity contribution in [3.8, 4) is 0 Å². The molecule has 7 heteroatoms. The highest BCUT2D eigenvalue weighted by Gasteiger charge is 2.14. The molecular weight excluding hydrogens is 288 g/mol. The minimum absolute atomic E-state index is 0.0982. The Hall–Kier alpha value is -2.54. The molecule has 0 atom stereocenters. The standard InChI is InChI=1S/C14H14N4O2S/c1-3-12(19)16-11-6-4-5-10(7-11)8-13(20)18(2)14-17-15-9-21-14/h3-7,9H,1,8H2,2H3,(H,16,19). The van der Waals surface area contributed by atoms with E-state index in [1.165, 1.54) is 22.3 Å². The van der Waals surface area contributed by atoms with Gasteiger partial charge in [-0.25, -0.2) is 0 Å². The van der Waals surface area contributed by atoms with Gasteiger partial charge in [0.25, 0.3) is 0 Å². The number of hydrogen-bond donors (Lipinski definition) is 1. The molecule has 0 unspecified atom stereocenters. The van der Waals surface area contributed by atoms with Gasteiger partial charge in [-0.2, -0.15) is 0 Å². The van der Waals surface area contributed by atoms with E-state index in [1.54, 1.807) is 30.8 Å². The van der Waals surface area contributed by atoms with Crippen molar-refractivity contribution in [2.75, 3.05) is 17.3 Å². The summed E-state index contributed by atoms with van der Waals surface area (Å²) in [6.45, 7) is 3.39. The first-order chi connectivity index (χ1) is 10.1. The molecule has 1 N–H and O–H groups in total. The van der Waals surface area contributed by atoms with Crippen LogP contribution in [-0.2, 0) is 16.0 Å². The lowest BCUT2D eigenvalue weighted by Crippen LogP contribution is -2.27. The Balaban J connectivity index is 2.05. The van der Waals surface area contributed by atoms with Crippen LogP contribution in [0.4, 0.5) is 10.8 Å². The second-order valence-electron chi connectivity index (χ2n) is 4.24. The van der Waals surface area contributed by atoms with E-state index < -0.39 is 0 Å². The molecule has 1 aromatic carbocycles. The lowest BCUT2D eigenvalue weighted by atomic mass is 10.1. The molecule has 6 nitrogen and oxygen atoms in total. The van der Waals surface area contributed by atoms with Crippen LogP contribution >= 0.6 is 11.3 Å². The maximum atomic E-state index is 12.2. The van der Waals surface area contributed by atoms with Gasteiger partial charge in [-0.15, -0.1) is 10.2 Å². The summed E-state index contributed by atoms with van der Waals surface area (Å²) in [6.07, 6.45) is 1.41. The summed E-state index contributed by atoms with van der Waals surface area (Å²) in [5, 5.41) is 10.8. The van der Waals surface area contributed by atoms with Gasteiger partial charge in [0.2, 0.25) is 16.9 Å². The van der Waals surface area contributed by atoms with Gasteiger partial charge in [0.05, 0.1) is 6.42 Å². The number of carbonyl (C=O) groups excluding carboxylic acids is 2. The molecule has 0 saturated heterocycles. The summed E-state index contributed by atoms with van der Waals surface area (Å²) >= 11 is 1.30. The summed E-state index contributed by atoms with van der Waals surface area (Å²) in [4.78, 5) is 24.9. The third-order valence-corrected chi connectivity index (χ3v) is 3.51. The Kier molecular flexibility index (Phi) is 4.78. The van der Waals surface area contributed by atoms with Crippen molar-refractivity contribution in [1.82, 2.24) is 10.2 Å². The Morgan fingerprint density at radius 1 is 1.48 bits per heavy atom. The first kappa shape index (κ1) is 14.9. The molecule has 0 bridgehead atoms. The molecule has 0 saturated carbocycles. The summed E-state index contributed by atoms with van der Waals surface area (Å²) in [5.74, 6) is -0.386. The van der Waals surface area contributed by atoms with Gasteiger partial charge in [0, 0.05) is 12.7 Å². The molecular formula is C14H14N4O2S. The summed E-state index contributed by atoms with van der Waals surface area (Å²) in [6, 6.07) is 7.12. The number of carbonyl (C=O) groups is 2. The van der Waals surface area contributed by atoms with E-state index in [4.69, 9.17) is 0 Å². The van der Waals surface area contributed by atoms with Gasteiger partial charge in [-0.05, 0) is 23.8 Å². The van der Waals surface area contributed by atoms with Gasteiger partial charge in [-0.3, -0.25) is 14.5 Å². The van der Waals surface area contributed by atoms with Crippen LogP contribution in [0.15, 0.2) is 42.4 Å². The Morgan fingerprint density at radius 2 is 2.29 bits per heavy atom. The molecule has 21 heavy (non-hydrogen) atoms. The molecule has 2 aromatic rings. The van der Waals surface area contributed by atoms with Gasteiger partial charge >= 0.3 is 0 Å². The smallest absolute Gasteiger partial charge is 0.247 e. The van der Waals surface area contributed by atoms with E-state index >= 15 is 0 Å². The summed E-state index contributed by atoms with van der Waals surface area (Å²) in [5.41, 5.74) is 3.01. The number of anilines is 2. The Morgan fingerprint density at radius 3 is 2.95 bits per heavy atom. The minimum Gasteiger partial charge on any atom is -0.323 e. The molecule has 0 fully saturated rings. The van der Waals surface area contributed by atoms with Gasteiger partial charge < -0.3 is 5.32 Å². The number of aromatic nitrogens is 2. The van der Waals surface area contributed by atoms with Crippen molar-refractivity contribution < 1.29 is 9.59 Å². The zero-order chi connectivity index (χ0) is 15.2. The molecule has 1 heterocycles. The molecule has 0 aliphatic carbocycles. The molecule has 108 valence electrons. The Bertz CT molecular complexity index is 655. The molecule has 0 spiro atoms. The van der Waals surface area contributed by atoms with Gasteiger partial charge in [-0.1, -0.05) is 30.0 Å². The van der Waals surface area contributed by atoms with E-state index in [2.05, 4.69) is 22.1 Å². The van der Waals surface area contributed by atoms with Crippen LogP contribution in [-0.4, -0.2) is 29.1 Å². The summed E-state index contributed by atoms with van der Waals surface area (Å²) < 4.78 is 0. The fourth-order valence-corrected chi connectivity index (χ4v) is 2.21. The highest BCUT2D eigenvalue weighted by molar-refractivity contribution is 7.13. The third kappa shape index (κ3) is 3.96. The normalized spacial score (nSPS) is 9.95. The lowest BCUT2D eigenvalue weighted by Gasteiger charge is -2.13. The molecule has 2 amide bonds. The van der Waals surface area contributed by atoms with Crippen LogP contribution in [0.3, 0.4) is 0 Å². The molecule has 2 rings (SSSR count). The van der Waals surface area contributed by atoms with E-state index in [9.17, 15) is 9.59 Å². The van der Waals surface area contributed by atoms with Crippen molar-refractivity contribution in [2.45, 2.75) is 6.42 Å². The van der Waals surface area contributed by atoms with Gasteiger partial charge in [0.15, 0.2) is 0 Å². The summed E-state index contributed by atoms with van der Waals surface area (Å²) in [7, 11) is 1.66. The highest BCUT2D eigenvalue weighted by Crippen LogP contribution is 2.16. The molecule has 0 aliphatic rings. The number of likely N-dealkylation sites (N-methyl/N-ethyl adjacent to an activating group) is 1. The van der Waals surface area contributed by atoms with E-state index in [1.807, 2.05) is 6.07 Å². The number of nitrogens with one attached hydrogen (secondary N) is 1. The van der Waals surface area contributed by atoms with Crippen LogP contribution in [0.5, 0.6) is 0 Å².